The lowest BCUT2D eigenvalue weighted by molar-refractivity contribution is 0.0722. The Morgan fingerprint density at radius 1 is 1.26 bits per heavy atom. The molecule has 2 aromatic rings. The zero-order valence-corrected chi connectivity index (χ0v) is 12.3. The van der Waals surface area contributed by atoms with E-state index in [1.807, 2.05) is 13.8 Å². The molecule has 0 saturated carbocycles. The van der Waals surface area contributed by atoms with Crippen molar-refractivity contribution in [3.05, 3.63) is 41.6 Å². The molecule has 2 heteroatoms. The summed E-state index contributed by atoms with van der Waals surface area (Å²) in [7, 11) is 2.10. The van der Waals surface area contributed by atoms with E-state index < -0.39 is 5.60 Å². The van der Waals surface area contributed by atoms with Crippen LogP contribution in [-0.2, 0) is 7.05 Å². The highest BCUT2D eigenvalue weighted by Gasteiger charge is 2.11. The van der Waals surface area contributed by atoms with Gasteiger partial charge in [-0.2, -0.15) is 0 Å². The van der Waals surface area contributed by atoms with E-state index in [0.29, 0.717) is 0 Å². The Hall–Kier alpha value is -1.54. The van der Waals surface area contributed by atoms with Crippen molar-refractivity contribution in [3.63, 3.8) is 0 Å². The highest BCUT2D eigenvalue weighted by atomic mass is 16.3. The number of benzene rings is 1. The predicted octanol–water partition coefficient (Wildman–Crippen LogP) is 4.05. The molecule has 19 heavy (non-hydrogen) atoms. The second kappa shape index (κ2) is 5.22. The van der Waals surface area contributed by atoms with Crippen molar-refractivity contribution < 1.29 is 5.11 Å². The van der Waals surface area contributed by atoms with Crippen molar-refractivity contribution in [1.29, 1.82) is 0 Å². The number of nitrogens with zero attached hydrogens (tertiary/aromatic N) is 1. The summed E-state index contributed by atoms with van der Waals surface area (Å²) in [4.78, 5) is 0. The van der Waals surface area contributed by atoms with Crippen LogP contribution in [0.1, 0.15) is 37.9 Å². The monoisotopic (exact) mass is 257 g/mol. The summed E-state index contributed by atoms with van der Waals surface area (Å²) in [5.41, 5.74) is 3.25. The Morgan fingerprint density at radius 3 is 2.63 bits per heavy atom. The van der Waals surface area contributed by atoms with E-state index in [4.69, 9.17) is 0 Å². The van der Waals surface area contributed by atoms with Gasteiger partial charge in [0.15, 0.2) is 0 Å². The van der Waals surface area contributed by atoms with Crippen molar-refractivity contribution in [2.45, 2.75) is 39.2 Å². The Labute approximate surface area is 115 Å². The summed E-state index contributed by atoms with van der Waals surface area (Å²) in [6.07, 6.45) is 6.02. The van der Waals surface area contributed by atoms with Crippen LogP contribution in [0.3, 0.4) is 0 Å². The number of rotatable bonds is 4. The maximum atomic E-state index is 9.71. The van der Waals surface area contributed by atoms with Gasteiger partial charge in [0, 0.05) is 29.2 Å². The normalized spacial score (nSPS) is 12.7. The summed E-state index contributed by atoms with van der Waals surface area (Å²) >= 11 is 0. The standard InChI is InChI=1S/C17H23NO/c1-13-14(9-7-8-12-17(2,3)19)15-10-5-6-11-16(15)18(13)4/h5-7,9-11,19H,8,12H2,1-4H3/b9-7+. The number of allylic oxidation sites excluding steroid dienone is 1. The van der Waals surface area contributed by atoms with Crippen LogP contribution in [0.2, 0.25) is 0 Å². The quantitative estimate of drug-likeness (QED) is 0.878. The van der Waals surface area contributed by atoms with Crippen molar-refractivity contribution in [3.8, 4) is 0 Å². The molecule has 0 fully saturated rings. The molecule has 1 aromatic carbocycles. The Balaban J connectivity index is 2.26. The number of para-hydroxylation sites is 1. The SMILES string of the molecule is Cc1c(/C=C/CCC(C)(C)O)c2ccccc2n1C. The van der Waals surface area contributed by atoms with Crippen LogP contribution in [0, 0.1) is 6.92 Å². The van der Waals surface area contributed by atoms with E-state index >= 15 is 0 Å². The molecule has 0 unspecified atom stereocenters. The molecule has 0 atom stereocenters. The Morgan fingerprint density at radius 2 is 1.95 bits per heavy atom. The lowest BCUT2D eigenvalue weighted by atomic mass is 10.0. The third kappa shape index (κ3) is 3.07. The average Bonchev–Trinajstić information content (AvgIpc) is 2.58. The molecule has 1 aromatic heterocycles. The van der Waals surface area contributed by atoms with Crippen LogP contribution < -0.4 is 0 Å². The highest BCUT2D eigenvalue weighted by molar-refractivity contribution is 5.91. The summed E-state index contributed by atoms with van der Waals surface area (Å²) in [5, 5.41) is 11.0. The molecule has 0 aliphatic carbocycles. The minimum Gasteiger partial charge on any atom is -0.390 e. The molecule has 0 spiro atoms. The number of fused-ring (bicyclic) bond motifs is 1. The van der Waals surface area contributed by atoms with Gasteiger partial charge in [-0.3, -0.25) is 0 Å². The first-order valence-corrected chi connectivity index (χ1v) is 6.83. The van der Waals surface area contributed by atoms with Crippen molar-refractivity contribution >= 4 is 17.0 Å². The number of aliphatic hydroxyl groups is 1. The van der Waals surface area contributed by atoms with Gasteiger partial charge in [-0.05, 0) is 39.7 Å². The second-order valence-corrected chi connectivity index (χ2v) is 5.83. The predicted molar refractivity (Wildman–Crippen MR) is 82.2 cm³/mol. The number of aromatic nitrogens is 1. The zero-order valence-electron chi connectivity index (χ0n) is 12.3. The van der Waals surface area contributed by atoms with E-state index in [0.717, 1.165) is 12.8 Å². The molecule has 0 aliphatic rings. The van der Waals surface area contributed by atoms with Gasteiger partial charge in [-0.1, -0.05) is 30.4 Å². The Bertz CT molecular complexity index is 599. The van der Waals surface area contributed by atoms with E-state index in [1.54, 1.807) is 0 Å². The van der Waals surface area contributed by atoms with Gasteiger partial charge in [0.1, 0.15) is 0 Å². The van der Waals surface area contributed by atoms with Gasteiger partial charge in [-0.15, -0.1) is 0 Å². The molecule has 1 N–H and O–H groups in total. The molecule has 1 heterocycles. The van der Waals surface area contributed by atoms with Gasteiger partial charge in [0.05, 0.1) is 5.60 Å². The molecule has 0 saturated heterocycles. The fourth-order valence-corrected chi connectivity index (χ4v) is 2.40. The number of hydrogen-bond donors (Lipinski definition) is 1. The number of hydrogen-bond acceptors (Lipinski definition) is 1. The second-order valence-electron chi connectivity index (χ2n) is 5.83. The van der Waals surface area contributed by atoms with Crippen LogP contribution >= 0.6 is 0 Å². The first-order valence-electron chi connectivity index (χ1n) is 6.83. The van der Waals surface area contributed by atoms with Crippen molar-refractivity contribution in [2.75, 3.05) is 0 Å². The molecule has 102 valence electrons. The van der Waals surface area contributed by atoms with E-state index in [-0.39, 0.29) is 0 Å². The van der Waals surface area contributed by atoms with E-state index in [9.17, 15) is 5.11 Å². The summed E-state index contributed by atoms with van der Waals surface area (Å²) < 4.78 is 2.23. The number of aryl methyl sites for hydroxylation is 1. The largest absolute Gasteiger partial charge is 0.390 e. The molecule has 0 amide bonds. The van der Waals surface area contributed by atoms with Crippen LogP contribution in [0.4, 0.5) is 0 Å². The first kappa shape index (κ1) is 13.9. The van der Waals surface area contributed by atoms with E-state index in [2.05, 4.69) is 55.0 Å². The molecule has 2 nitrogen and oxygen atoms in total. The van der Waals surface area contributed by atoms with Crippen LogP contribution in [-0.4, -0.2) is 15.3 Å². The lowest BCUT2D eigenvalue weighted by Crippen LogP contribution is -2.17. The first-order chi connectivity index (χ1) is 8.90. The fraction of sp³-hybridized carbons (Fsp3) is 0.412. The summed E-state index contributed by atoms with van der Waals surface area (Å²) in [5.74, 6) is 0. The van der Waals surface area contributed by atoms with Crippen LogP contribution in [0.25, 0.3) is 17.0 Å². The minimum atomic E-state index is -0.585. The van der Waals surface area contributed by atoms with Crippen LogP contribution in [0.15, 0.2) is 30.3 Å². The summed E-state index contributed by atoms with van der Waals surface area (Å²) in [6.45, 7) is 5.85. The maximum Gasteiger partial charge on any atom is 0.0594 e. The van der Waals surface area contributed by atoms with Gasteiger partial charge < -0.3 is 9.67 Å². The lowest BCUT2D eigenvalue weighted by Gasteiger charge is -2.14. The van der Waals surface area contributed by atoms with Gasteiger partial charge in [0.2, 0.25) is 0 Å². The van der Waals surface area contributed by atoms with Crippen LogP contribution in [0.5, 0.6) is 0 Å². The van der Waals surface area contributed by atoms with Gasteiger partial charge in [-0.25, -0.2) is 0 Å². The van der Waals surface area contributed by atoms with Crippen molar-refractivity contribution in [1.82, 2.24) is 4.57 Å². The molecule has 0 radical (unpaired) electrons. The molecular formula is C17H23NO. The molecule has 0 bridgehead atoms. The van der Waals surface area contributed by atoms with Gasteiger partial charge >= 0.3 is 0 Å². The third-order valence-corrected chi connectivity index (χ3v) is 3.66. The zero-order chi connectivity index (χ0) is 14.0. The summed E-state index contributed by atoms with van der Waals surface area (Å²) in [6, 6.07) is 8.47. The van der Waals surface area contributed by atoms with Crippen molar-refractivity contribution in [2.24, 2.45) is 7.05 Å². The Kier molecular flexibility index (Phi) is 3.81. The molecule has 0 aliphatic heterocycles. The minimum absolute atomic E-state index is 0.585. The molecule has 2 rings (SSSR count). The topological polar surface area (TPSA) is 25.2 Å². The maximum absolute atomic E-state index is 9.71. The fourth-order valence-electron chi connectivity index (χ4n) is 2.40. The average molecular weight is 257 g/mol. The van der Waals surface area contributed by atoms with E-state index in [1.165, 1.54) is 22.2 Å². The smallest absolute Gasteiger partial charge is 0.0594 e. The highest BCUT2D eigenvalue weighted by Crippen LogP contribution is 2.26. The van der Waals surface area contributed by atoms with Gasteiger partial charge in [0.25, 0.3) is 0 Å². The molecular weight excluding hydrogens is 234 g/mol. The third-order valence-electron chi connectivity index (χ3n) is 3.66.